The molecule has 3 aromatic carbocycles. The number of nitrogens with one attached hydrogen (secondary N) is 2. The lowest BCUT2D eigenvalue weighted by Crippen LogP contribution is -1.95. The van der Waals surface area contributed by atoms with Crippen molar-refractivity contribution in [1.82, 2.24) is 19.9 Å². The first-order valence-electron chi connectivity index (χ1n) is 14.9. The highest BCUT2D eigenvalue weighted by Crippen LogP contribution is 2.41. The summed E-state index contributed by atoms with van der Waals surface area (Å²) in [6, 6.07) is 36.2. The molecule has 0 aliphatic carbocycles. The Morgan fingerprint density at radius 2 is 1.44 bits per heavy atom. The highest BCUT2D eigenvalue weighted by atomic mass is 16.5. The molecule has 2 aliphatic heterocycles. The van der Waals surface area contributed by atoms with Crippen LogP contribution in [0.3, 0.4) is 0 Å². The van der Waals surface area contributed by atoms with Gasteiger partial charge in [-0.05, 0) is 89.5 Å². The standard InChI is InChI=1S/C38H30N4O/c1-2-3-18-43-31-15-8-25(9-16-31)34-21-30-20-28-12-11-26(39-28)19-27-13-14-29(40-27)22-37-38-32-7-5-4-6-24(32)10-17-33(38)35(42-37)23-36(34)41-30/h4-17,19-23,40-41H,2-3,18H2,1H3. The molecule has 2 N–H and O–H groups in total. The van der Waals surface area contributed by atoms with Gasteiger partial charge in [-0.1, -0.05) is 61.9 Å². The van der Waals surface area contributed by atoms with Crippen LogP contribution in [-0.4, -0.2) is 26.5 Å². The molecule has 3 aromatic heterocycles. The Morgan fingerprint density at radius 3 is 2.28 bits per heavy atom. The van der Waals surface area contributed by atoms with E-state index in [2.05, 4.69) is 126 Å². The van der Waals surface area contributed by atoms with Gasteiger partial charge >= 0.3 is 0 Å². The third kappa shape index (κ3) is 4.79. The van der Waals surface area contributed by atoms with E-state index >= 15 is 0 Å². The molecule has 43 heavy (non-hydrogen) atoms. The molecular formula is C38H30N4O. The predicted molar refractivity (Wildman–Crippen MR) is 178 cm³/mol. The van der Waals surface area contributed by atoms with E-state index in [0.717, 1.165) is 92.3 Å². The Balaban J connectivity index is 1.39. The number of unbranched alkanes of at least 4 members (excludes halogenated alkanes) is 1. The molecule has 8 bridgehead atoms. The Hall–Kier alpha value is -5.42. The summed E-state index contributed by atoms with van der Waals surface area (Å²) >= 11 is 0. The maximum atomic E-state index is 5.94. The van der Waals surface area contributed by atoms with Gasteiger partial charge in [-0.25, -0.2) is 9.97 Å². The van der Waals surface area contributed by atoms with Gasteiger partial charge in [0, 0.05) is 38.8 Å². The molecule has 0 saturated carbocycles. The van der Waals surface area contributed by atoms with E-state index in [1.165, 1.54) is 10.8 Å². The van der Waals surface area contributed by atoms with Gasteiger partial charge < -0.3 is 14.7 Å². The van der Waals surface area contributed by atoms with Crippen LogP contribution in [0.2, 0.25) is 0 Å². The van der Waals surface area contributed by atoms with Crippen LogP contribution >= 0.6 is 0 Å². The van der Waals surface area contributed by atoms with Crippen LogP contribution in [0.5, 0.6) is 5.75 Å². The molecule has 0 saturated heterocycles. The molecule has 208 valence electrons. The number of hydrogen-bond donors (Lipinski definition) is 2. The van der Waals surface area contributed by atoms with E-state index in [-0.39, 0.29) is 0 Å². The monoisotopic (exact) mass is 558 g/mol. The van der Waals surface area contributed by atoms with Crippen LogP contribution in [0.1, 0.15) is 31.2 Å². The topological polar surface area (TPSA) is 66.6 Å². The number of rotatable bonds is 5. The van der Waals surface area contributed by atoms with Gasteiger partial charge in [0.2, 0.25) is 0 Å². The van der Waals surface area contributed by atoms with Crippen molar-refractivity contribution in [2.75, 3.05) is 6.61 Å². The summed E-state index contributed by atoms with van der Waals surface area (Å²) in [6.45, 7) is 2.91. The third-order valence-corrected chi connectivity index (χ3v) is 8.10. The average molecular weight is 559 g/mol. The highest BCUT2D eigenvalue weighted by molar-refractivity contribution is 6.05. The number of aromatic nitrogens is 4. The zero-order valence-corrected chi connectivity index (χ0v) is 23.9. The zero-order chi connectivity index (χ0) is 28.8. The van der Waals surface area contributed by atoms with Crippen molar-refractivity contribution in [2.45, 2.75) is 19.8 Å². The summed E-state index contributed by atoms with van der Waals surface area (Å²) in [6.07, 6.45) is 6.26. The third-order valence-electron chi connectivity index (χ3n) is 8.10. The van der Waals surface area contributed by atoms with Crippen molar-refractivity contribution in [1.29, 1.82) is 0 Å². The second-order valence-corrected chi connectivity index (χ2v) is 11.1. The summed E-state index contributed by atoms with van der Waals surface area (Å²) in [7, 11) is 0. The van der Waals surface area contributed by atoms with Gasteiger partial charge in [-0.2, -0.15) is 0 Å². The molecule has 0 spiro atoms. The van der Waals surface area contributed by atoms with Crippen LogP contribution in [0.25, 0.3) is 78.6 Å². The van der Waals surface area contributed by atoms with Crippen molar-refractivity contribution in [3.05, 3.63) is 115 Å². The quantitative estimate of drug-likeness (QED) is 0.207. The summed E-state index contributed by atoms with van der Waals surface area (Å²) in [4.78, 5) is 17.3. The predicted octanol–water partition coefficient (Wildman–Crippen LogP) is 9.82. The van der Waals surface area contributed by atoms with E-state index in [1.807, 2.05) is 6.08 Å². The number of fused-ring (bicyclic) bond motifs is 13. The fourth-order valence-electron chi connectivity index (χ4n) is 5.96. The molecule has 5 heterocycles. The number of nitrogens with zero attached hydrogens (tertiary/aromatic N) is 2. The Kier molecular flexibility index (Phi) is 6.15. The first kappa shape index (κ1) is 25.3. The lowest BCUT2D eigenvalue weighted by atomic mass is 9.97. The molecule has 5 nitrogen and oxygen atoms in total. The molecule has 0 atom stereocenters. The lowest BCUT2D eigenvalue weighted by Gasteiger charge is -2.06. The zero-order valence-electron chi connectivity index (χ0n) is 23.9. The first-order valence-corrected chi connectivity index (χ1v) is 14.9. The second-order valence-electron chi connectivity index (χ2n) is 11.1. The Labute approximate surface area is 249 Å². The number of aromatic amines is 2. The van der Waals surface area contributed by atoms with Crippen molar-refractivity contribution < 1.29 is 4.74 Å². The van der Waals surface area contributed by atoms with Gasteiger partial charge in [-0.3, -0.25) is 0 Å². The Bertz CT molecular complexity index is 2200. The molecule has 8 rings (SSSR count). The van der Waals surface area contributed by atoms with Gasteiger partial charge in [0.05, 0.1) is 29.4 Å². The van der Waals surface area contributed by atoms with Crippen LogP contribution in [0.15, 0.2) is 103 Å². The van der Waals surface area contributed by atoms with Crippen molar-refractivity contribution >= 4 is 45.0 Å². The normalized spacial score (nSPS) is 12.0. The van der Waals surface area contributed by atoms with E-state index in [0.29, 0.717) is 0 Å². The maximum absolute atomic E-state index is 5.94. The fraction of sp³-hybridized carbons (Fsp3) is 0.105. The van der Waals surface area contributed by atoms with Gasteiger partial charge in [0.25, 0.3) is 0 Å². The summed E-state index contributed by atoms with van der Waals surface area (Å²) in [5.41, 5.74) is 12.2. The van der Waals surface area contributed by atoms with Gasteiger partial charge in [0.1, 0.15) is 5.75 Å². The van der Waals surface area contributed by atoms with E-state index < -0.39 is 0 Å². The Morgan fingerprint density at radius 1 is 0.651 bits per heavy atom. The average Bonchev–Trinajstić information content (AvgIpc) is 3.82. The van der Waals surface area contributed by atoms with E-state index in [4.69, 9.17) is 14.7 Å². The van der Waals surface area contributed by atoms with Crippen molar-refractivity contribution in [3.63, 3.8) is 0 Å². The first-order chi connectivity index (χ1) is 21.2. The summed E-state index contributed by atoms with van der Waals surface area (Å²) < 4.78 is 5.94. The molecule has 0 fully saturated rings. The maximum Gasteiger partial charge on any atom is 0.119 e. The van der Waals surface area contributed by atoms with Crippen LogP contribution in [-0.2, 0) is 0 Å². The SMILES string of the molecule is CCCCOc1ccc(-c2cc3cc4nc(cc5ccc(cc6nc(cc2[nH]3)-c2ccc3ccccc3c2-6)[nH]5)C=C4)cc1. The number of hydrogen-bond acceptors (Lipinski definition) is 3. The van der Waals surface area contributed by atoms with Gasteiger partial charge in [0.15, 0.2) is 0 Å². The van der Waals surface area contributed by atoms with E-state index in [9.17, 15) is 0 Å². The van der Waals surface area contributed by atoms with Crippen molar-refractivity contribution in [3.8, 4) is 39.4 Å². The summed E-state index contributed by atoms with van der Waals surface area (Å²) in [5, 5.41) is 2.40. The molecule has 0 unspecified atom stereocenters. The minimum Gasteiger partial charge on any atom is -0.494 e. The van der Waals surface area contributed by atoms with Gasteiger partial charge in [-0.15, -0.1) is 0 Å². The minimum absolute atomic E-state index is 0.734. The lowest BCUT2D eigenvalue weighted by molar-refractivity contribution is 0.309. The molecular weight excluding hydrogens is 528 g/mol. The highest BCUT2D eigenvalue weighted by Gasteiger charge is 2.19. The number of H-pyrrole nitrogens is 2. The molecule has 0 radical (unpaired) electrons. The molecule has 2 aliphatic rings. The molecule has 5 heteroatoms. The minimum atomic E-state index is 0.734. The number of benzene rings is 3. The van der Waals surface area contributed by atoms with Crippen LogP contribution in [0.4, 0.5) is 0 Å². The van der Waals surface area contributed by atoms with Crippen molar-refractivity contribution in [2.24, 2.45) is 0 Å². The second kappa shape index (κ2) is 10.4. The smallest absolute Gasteiger partial charge is 0.119 e. The van der Waals surface area contributed by atoms with Crippen LogP contribution < -0.4 is 4.74 Å². The molecule has 6 aromatic rings. The van der Waals surface area contributed by atoms with Crippen LogP contribution in [0, 0.1) is 0 Å². The fourth-order valence-corrected chi connectivity index (χ4v) is 5.96. The van der Waals surface area contributed by atoms with E-state index in [1.54, 1.807) is 0 Å². The number of ether oxygens (including phenoxy) is 1. The molecule has 0 amide bonds. The largest absolute Gasteiger partial charge is 0.494 e. The summed E-state index contributed by atoms with van der Waals surface area (Å²) in [5.74, 6) is 0.892.